The van der Waals surface area contributed by atoms with E-state index in [4.69, 9.17) is 26.1 Å². The van der Waals surface area contributed by atoms with Gasteiger partial charge in [0.05, 0.1) is 18.2 Å². The number of hydrogen-bond donors (Lipinski definition) is 0. The van der Waals surface area contributed by atoms with Crippen molar-refractivity contribution in [3.63, 3.8) is 0 Å². The third-order valence-electron chi connectivity index (χ3n) is 2.92. The lowest BCUT2D eigenvalue weighted by Gasteiger charge is -2.23. The van der Waals surface area contributed by atoms with E-state index in [1.807, 2.05) is 50.2 Å². The van der Waals surface area contributed by atoms with Crippen molar-refractivity contribution >= 4 is 23.6 Å². The lowest BCUT2D eigenvalue weighted by molar-refractivity contribution is 0.339. The van der Waals surface area contributed by atoms with Crippen LogP contribution >= 0.6 is 6.49 Å². The zero-order valence-corrected chi connectivity index (χ0v) is 13.7. The minimum Gasteiger partial charge on any atom is -0.440 e. The summed E-state index contributed by atoms with van der Waals surface area (Å²) in [6.07, 6.45) is 0. The van der Waals surface area contributed by atoms with Crippen molar-refractivity contribution in [2.45, 2.75) is 13.8 Å². The molecule has 1 unspecified atom stereocenters. The van der Waals surface area contributed by atoms with Gasteiger partial charge in [-0.25, -0.2) is 0 Å². The molecule has 0 saturated heterocycles. The van der Waals surface area contributed by atoms with Crippen LogP contribution in [0.3, 0.4) is 0 Å². The zero-order chi connectivity index (χ0) is 15.3. The third kappa shape index (κ3) is 3.71. The van der Waals surface area contributed by atoms with Gasteiger partial charge in [-0.05, 0) is 61.5 Å². The van der Waals surface area contributed by atoms with Crippen LogP contribution in [0.4, 0.5) is 0 Å². The predicted molar refractivity (Wildman–Crippen MR) is 88.5 cm³/mol. The number of nitrogens with zero attached hydrogens (tertiary/aromatic N) is 1. The molecule has 0 N–H and O–H groups in total. The SMILES string of the molecule is CCOP(=S)(Oc1ccc(C#N)c(C)c1)c1ccccc1. The standard InChI is InChI=1S/C16H16NO2PS/c1-3-18-20(21,16-7-5-4-6-8-16)19-15-10-9-14(12-17)13(2)11-15/h4-11H,3H2,1-2H3. The average Bonchev–Trinajstić information content (AvgIpc) is 2.48. The van der Waals surface area contributed by atoms with Crippen LogP contribution in [0, 0.1) is 18.3 Å². The third-order valence-corrected chi connectivity index (χ3v) is 6.07. The van der Waals surface area contributed by atoms with E-state index in [9.17, 15) is 0 Å². The summed E-state index contributed by atoms with van der Waals surface area (Å²) in [5.74, 6) is 0.632. The molecule has 21 heavy (non-hydrogen) atoms. The van der Waals surface area contributed by atoms with E-state index in [2.05, 4.69) is 6.07 Å². The minimum absolute atomic E-state index is 0.488. The predicted octanol–water partition coefficient (Wildman–Crippen LogP) is 3.92. The number of benzene rings is 2. The maximum Gasteiger partial charge on any atom is 0.269 e. The molecule has 0 spiro atoms. The highest BCUT2D eigenvalue weighted by Crippen LogP contribution is 2.47. The Morgan fingerprint density at radius 1 is 1.19 bits per heavy atom. The molecule has 108 valence electrons. The molecule has 2 aromatic carbocycles. The van der Waals surface area contributed by atoms with E-state index in [0.29, 0.717) is 17.9 Å². The van der Waals surface area contributed by atoms with Gasteiger partial charge in [-0.1, -0.05) is 18.2 Å². The second-order valence-corrected chi connectivity index (χ2v) is 7.82. The fourth-order valence-electron chi connectivity index (χ4n) is 1.89. The second-order valence-electron chi connectivity index (χ2n) is 4.43. The molecule has 0 aliphatic carbocycles. The van der Waals surface area contributed by atoms with Crippen molar-refractivity contribution in [2.24, 2.45) is 0 Å². The summed E-state index contributed by atoms with van der Waals surface area (Å²) >= 11 is 5.66. The fourth-order valence-corrected chi connectivity index (χ4v) is 4.41. The van der Waals surface area contributed by atoms with Crippen LogP contribution in [-0.4, -0.2) is 6.61 Å². The van der Waals surface area contributed by atoms with Crippen molar-refractivity contribution in [1.29, 1.82) is 5.26 Å². The Morgan fingerprint density at radius 3 is 2.48 bits per heavy atom. The molecule has 0 fully saturated rings. The van der Waals surface area contributed by atoms with Gasteiger partial charge in [0.15, 0.2) is 0 Å². The van der Waals surface area contributed by atoms with E-state index in [0.717, 1.165) is 10.9 Å². The van der Waals surface area contributed by atoms with Gasteiger partial charge in [0.25, 0.3) is 6.49 Å². The highest BCUT2D eigenvalue weighted by molar-refractivity contribution is 8.13. The monoisotopic (exact) mass is 317 g/mol. The minimum atomic E-state index is -2.59. The molecule has 3 nitrogen and oxygen atoms in total. The molecule has 1 atom stereocenters. The molecule has 0 aliphatic heterocycles. The molecule has 0 heterocycles. The summed E-state index contributed by atoms with van der Waals surface area (Å²) in [7, 11) is 0. The van der Waals surface area contributed by atoms with E-state index in [1.165, 1.54) is 0 Å². The van der Waals surface area contributed by atoms with Gasteiger partial charge < -0.3 is 9.05 Å². The summed E-state index contributed by atoms with van der Waals surface area (Å²) in [5.41, 5.74) is 1.49. The van der Waals surface area contributed by atoms with Crippen LogP contribution in [-0.2, 0) is 16.3 Å². The largest absolute Gasteiger partial charge is 0.440 e. The zero-order valence-electron chi connectivity index (χ0n) is 11.9. The van der Waals surface area contributed by atoms with Crippen LogP contribution in [0.1, 0.15) is 18.1 Å². The Kier molecular flexibility index (Phi) is 5.14. The molecule has 0 saturated carbocycles. The summed E-state index contributed by atoms with van der Waals surface area (Å²) in [5, 5.41) is 9.85. The molecule has 0 bridgehead atoms. The maximum absolute atomic E-state index is 8.97. The average molecular weight is 317 g/mol. The van der Waals surface area contributed by atoms with Crippen LogP contribution in [0.5, 0.6) is 5.75 Å². The smallest absolute Gasteiger partial charge is 0.269 e. The topological polar surface area (TPSA) is 42.2 Å². The lowest BCUT2D eigenvalue weighted by atomic mass is 10.1. The van der Waals surface area contributed by atoms with Crippen LogP contribution in [0.25, 0.3) is 0 Å². The molecule has 5 heteroatoms. The van der Waals surface area contributed by atoms with E-state index in [1.54, 1.807) is 12.1 Å². The van der Waals surface area contributed by atoms with Crippen molar-refractivity contribution in [1.82, 2.24) is 0 Å². The second kappa shape index (κ2) is 6.87. The summed E-state index contributed by atoms with van der Waals surface area (Å²) in [6.45, 7) is 1.67. The number of hydrogen-bond acceptors (Lipinski definition) is 4. The Bertz CT molecular complexity index is 710. The molecule has 2 rings (SSSR count). The molecule has 0 aliphatic rings. The maximum atomic E-state index is 8.97. The van der Waals surface area contributed by atoms with Crippen LogP contribution in [0.2, 0.25) is 0 Å². The van der Waals surface area contributed by atoms with Gasteiger partial charge in [-0.15, -0.1) is 0 Å². The summed E-state index contributed by atoms with van der Waals surface area (Å²) < 4.78 is 11.8. The Balaban J connectivity index is 2.35. The van der Waals surface area contributed by atoms with Gasteiger partial charge in [-0.2, -0.15) is 5.26 Å². The van der Waals surface area contributed by atoms with Gasteiger partial charge in [0.1, 0.15) is 5.75 Å². The molecule has 0 amide bonds. The lowest BCUT2D eigenvalue weighted by Crippen LogP contribution is -2.12. The van der Waals surface area contributed by atoms with Crippen molar-refractivity contribution in [3.8, 4) is 11.8 Å². The molecular formula is C16H16NO2PS. The van der Waals surface area contributed by atoms with Crippen LogP contribution < -0.4 is 9.83 Å². The quantitative estimate of drug-likeness (QED) is 0.784. The van der Waals surface area contributed by atoms with E-state index in [-0.39, 0.29) is 0 Å². The first-order chi connectivity index (χ1) is 10.1. The molecular weight excluding hydrogens is 301 g/mol. The number of rotatable bonds is 5. The van der Waals surface area contributed by atoms with Gasteiger partial charge >= 0.3 is 0 Å². The molecule has 2 aromatic rings. The Labute approximate surface area is 130 Å². The van der Waals surface area contributed by atoms with Crippen molar-refractivity contribution in [3.05, 3.63) is 59.7 Å². The highest BCUT2D eigenvalue weighted by atomic mass is 32.5. The van der Waals surface area contributed by atoms with Gasteiger partial charge in [0.2, 0.25) is 0 Å². The van der Waals surface area contributed by atoms with Crippen molar-refractivity contribution in [2.75, 3.05) is 6.61 Å². The summed E-state index contributed by atoms with van der Waals surface area (Å²) in [4.78, 5) is 0. The van der Waals surface area contributed by atoms with Gasteiger partial charge in [-0.3, -0.25) is 0 Å². The highest BCUT2D eigenvalue weighted by Gasteiger charge is 2.23. The summed E-state index contributed by atoms with van der Waals surface area (Å²) in [6, 6.07) is 17.1. The first-order valence-electron chi connectivity index (χ1n) is 6.59. The van der Waals surface area contributed by atoms with E-state index < -0.39 is 6.49 Å². The van der Waals surface area contributed by atoms with Crippen LogP contribution in [0.15, 0.2) is 48.5 Å². The molecule has 0 aromatic heterocycles. The first-order valence-corrected chi connectivity index (χ1v) is 9.23. The number of aryl methyl sites for hydroxylation is 1. The van der Waals surface area contributed by atoms with E-state index >= 15 is 0 Å². The number of nitriles is 1. The fraction of sp³-hybridized carbons (Fsp3) is 0.188. The molecule has 0 radical (unpaired) electrons. The van der Waals surface area contributed by atoms with Crippen molar-refractivity contribution < 1.29 is 9.05 Å². The normalized spacial score (nSPS) is 13.2. The Morgan fingerprint density at radius 2 is 1.90 bits per heavy atom. The van der Waals surface area contributed by atoms with Gasteiger partial charge in [0, 0.05) is 5.30 Å². The Hall–Kier alpha value is -1.66. The first kappa shape index (κ1) is 15.7.